The molecule has 11 nitrogen and oxygen atoms in total. The number of anilines is 1. The summed E-state index contributed by atoms with van der Waals surface area (Å²) in [6.07, 6.45) is 5.89. The van der Waals surface area contributed by atoms with Crippen LogP contribution in [0.15, 0.2) is 36.5 Å². The van der Waals surface area contributed by atoms with E-state index in [1.807, 2.05) is 45.9 Å². The number of carbonyl (C=O) groups excluding carboxylic acids is 1. The molecule has 11 heteroatoms. The average Bonchev–Trinajstić information content (AvgIpc) is 3.64. The molecule has 35 heavy (non-hydrogen) atoms. The van der Waals surface area contributed by atoms with Crippen LogP contribution in [-0.4, -0.2) is 71.7 Å². The van der Waals surface area contributed by atoms with E-state index in [0.29, 0.717) is 17.9 Å². The lowest BCUT2D eigenvalue weighted by Crippen LogP contribution is -2.38. The minimum absolute atomic E-state index is 0.0167. The Kier molecular flexibility index (Phi) is 5.40. The molecule has 0 saturated carbocycles. The van der Waals surface area contributed by atoms with Crippen molar-refractivity contribution in [3.8, 4) is 11.4 Å². The quantitative estimate of drug-likeness (QED) is 0.461. The molecule has 3 aromatic heterocycles. The molecule has 180 valence electrons. The maximum Gasteiger partial charge on any atom is 0.254 e. The van der Waals surface area contributed by atoms with Crippen LogP contribution in [0, 0.1) is 6.92 Å². The van der Waals surface area contributed by atoms with Gasteiger partial charge in [0.15, 0.2) is 11.5 Å². The number of nitrogens with zero attached hydrogens (tertiary/aromatic N) is 8. The number of hydrogen-bond donors (Lipinski definition) is 2. The van der Waals surface area contributed by atoms with Gasteiger partial charge >= 0.3 is 0 Å². The Bertz CT molecular complexity index is 1360. The standard InChI is InChI=1S/C24H28N10O/c1-15-13-34-21(26-23(15)32-10-8-18(25)14-32)12-19(29-34)20-7-2-3-9-33(20)24(35)17-6-4-5-16(11-17)22-27-30-31-28-22/h4-6,11-13,18,20H,2-3,7-10,14,25H2,1H3,(H,27,28,30,31)/t18-,20-/m0/s1. The number of rotatable bonds is 4. The summed E-state index contributed by atoms with van der Waals surface area (Å²) in [6, 6.07) is 9.51. The van der Waals surface area contributed by atoms with E-state index >= 15 is 0 Å². The maximum atomic E-state index is 13.6. The normalized spacial score (nSPS) is 20.6. The van der Waals surface area contributed by atoms with E-state index < -0.39 is 0 Å². The number of hydrogen-bond acceptors (Lipinski definition) is 8. The zero-order valence-corrected chi connectivity index (χ0v) is 19.6. The van der Waals surface area contributed by atoms with Crippen molar-refractivity contribution in [2.45, 2.75) is 44.7 Å². The third-order valence-electron chi connectivity index (χ3n) is 6.98. The van der Waals surface area contributed by atoms with E-state index in [1.165, 1.54) is 0 Å². The third-order valence-corrected chi connectivity index (χ3v) is 6.98. The third kappa shape index (κ3) is 4.01. The maximum absolute atomic E-state index is 13.6. The zero-order valence-electron chi connectivity index (χ0n) is 19.6. The minimum Gasteiger partial charge on any atom is -0.355 e. The smallest absolute Gasteiger partial charge is 0.254 e. The van der Waals surface area contributed by atoms with Gasteiger partial charge in [0.1, 0.15) is 5.82 Å². The summed E-state index contributed by atoms with van der Waals surface area (Å²) in [6.45, 7) is 4.48. The number of likely N-dealkylation sites (tertiary alicyclic amines) is 1. The summed E-state index contributed by atoms with van der Waals surface area (Å²) in [5, 5.41) is 18.8. The first-order valence-corrected chi connectivity index (χ1v) is 12.1. The highest BCUT2D eigenvalue weighted by Crippen LogP contribution is 2.33. The largest absolute Gasteiger partial charge is 0.355 e. The topological polar surface area (TPSA) is 134 Å². The lowest BCUT2D eigenvalue weighted by atomic mass is 9.98. The van der Waals surface area contributed by atoms with Crippen molar-refractivity contribution in [2.24, 2.45) is 5.73 Å². The molecule has 2 atom stereocenters. The van der Waals surface area contributed by atoms with Crippen molar-refractivity contribution < 1.29 is 4.79 Å². The number of tetrazole rings is 1. The van der Waals surface area contributed by atoms with Crippen LogP contribution < -0.4 is 10.6 Å². The molecule has 1 amide bonds. The molecule has 3 N–H and O–H groups in total. The van der Waals surface area contributed by atoms with Crippen LogP contribution in [0.5, 0.6) is 0 Å². The molecule has 1 aromatic carbocycles. The fourth-order valence-electron chi connectivity index (χ4n) is 5.21. The van der Waals surface area contributed by atoms with Crippen LogP contribution >= 0.6 is 0 Å². The Morgan fingerprint density at radius 1 is 1.17 bits per heavy atom. The van der Waals surface area contributed by atoms with E-state index in [4.69, 9.17) is 15.8 Å². The molecular weight excluding hydrogens is 444 g/mol. The number of fused-ring (bicyclic) bond motifs is 1. The van der Waals surface area contributed by atoms with Crippen molar-refractivity contribution in [1.29, 1.82) is 0 Å². The van der Waals surface area contributed by atoms with Gasteiger partial charge < -0.3 is 15.5 Å². The van der Waals surface area contributed by atoms with Gasteiger partial charge in [0.05, 0.1) is 11.7 Å². The number of benzene rings is 1. The van der Waals surface area contributed by atoms with Crippen molar-refractivity contribution in [1.82, 2.24) is 40.1 Å². The van der Waals surface area contributed by atoms with E-state index in [0.717, 1.165) is 67.1 Å². The van der Waals surface area contributed by atoms with Crippen molar-refractivity contribution in [3.63, 3.8) is 0 Å². The number of nitrogens with two attached hydrogens (primary N) is 1. The van der Waals surface area contributed by atoms with E-state index in [9.17, 15) is 4.79 Å². The average molecular weight is 473 g/mol. The Balaban J connectivity index is 1.31. The summed E-state index contributed by atoms with van der Waals surface area (Å²) >= 11 is 0. The van der Waals surface area contributed by atoms with Gasteiger partial charge in [0.2, 0.25) is 0 Å². The molecule has 2 aliphatic heterocycles. The molecule has 0 unspecified atom stereocenters. The van der Waals surface area contributed by atoms with E-state index in [-0.39, 0.29) is 18.0 Å². The monoisotopic (exact) mass is 472 g/mol. The Labute approximate surface area is 202 Å². The predicted octanol–water partition coefficient (Wildman–Crippen LogP) is 2.12. The van der Waals surface area contributed by atoms with Gasteiger partial charge in [-0.05, 0) is 55.2 Å². The van der Waals surface area contributed by atoms with Gasteiger partial charge in [-0.15, -0.1) is 5.10 Å². The molecule has 2 fully saturated rings. The first kappa shape index (κ1) is 21.7. The summed E-state index contributed by atoms with van der Waals surface area (Å²) in [7, 11) is 0. The van der Waals surface area contributed by atoms with Gasteiger partial charge in [-0.2, -0.15) is 5.10 Å². The first-order valence-electron chi connectivity index (χ1n) is 12.1. The molecule has 0 aliphatic carbocycles. The number of piperidine rings is 1. The van der Waals surface area contributed by atoms with Crippen LogP contribution in [-0.2, 0) is 0 Å². The molecule has 0 radical (unpaired) electrons. The van der Waals surface area contributed by atoms with Crippen LogP contribution in [0.2, 0.25) is 0 Å². The molecule has 2 saturated heterocycles. The summed E-state index contributed by atoms with van der Waals surface area (Å²) in [5.41, 5.74) is 10.2. The highest BCUT2D eigenvalue weighted by atomic mass is 16.2. The molecule has 0 spiro atoms. The Morgan fingerprint density at radius 3 is 2.89 bits per heavy atom. The second kappa shape index (κ2) is 8.73. The van der Waals surface area contributed by atoms with Crippen molar-refractivity contribution in [3.05, 3.63) is 53.3 Å². The highest BCUT2D eigenvalue weighted by Gasteiger charge is 2.31. The highest BCUT2D eigenvalue weighted by molar-refractivity contribution is 5.95. The molecular formula is C24H28N10O. The molecule has 2 aliphatic rings. The second-order valence-corrected chi connectivity index (χ2v) is 9.46. The molecule has 4 aromatic rings. The van der Waals surface area contributed by atoms with Crippen LogP contribution in [0.1, 0.15) is 53.3 Å². The predicted molar refractivity (Wildman–Crippen MR) is 130 cm³/mol. The number of aryl methyl sites for hydroxylation is 1. The molecule has 5 heterocycles. The van der Waals surface area contributed by atoms with E-state index in [1.54, 1.807) is 0 Å². The molecule has 6 rings (SSSR count). The van der Waals surface area contributed by atoms with Crippen LogP contribution in [0.4, 0.5) is 5.82 Å². The number of aromatic amines is 1. The van der Waals surface area contributed by atoms with Gasteiger partial charge in [0.25, 0.3) is 5.91 Å². The Morgan fingerprint density at radius 2 is 2.09 bits per heavy atom. The number of carbonyl (C=O) groups is 1. The molecule has 0 bridgehead atoms. The van der Waals surface area contributed by atoms with Gasteiger partial charge in [-0.25, -0.2) is 14.6 Å². The van der Waals surface area contributed by atoms with Gasteiger partial charge in [-0.3, -0.25) is 4.79 Å². The number of amides is 1. The number of H-pyrrole nitrogens is 1. The SMILES string of the molecule is Cc1cn2nc([C@@H]3CCCCN3C(=O)c3cccc(-c4nnn[nH]4)c3)cc2nc1N1CC[C@H](N)C1. The zero-order chi connectivity index (χ0) is 23.9. The lowest BCUT2D eigenvalue weighted by Gasteiger charge is -2.34. The number of nitrogens with one attached hydrogen (secondary N) is 1. The summed E-state index contributed by atoms with van der Waals surface area (Å²) in [5.74, 6) is 1.48. The van der Waals surface area contributed by atoms with Crippen molar-refractivity contribution >= 4 is 17.4 Å². The fraction of sp³-hybridized carbons (Fsp3) is 0.417. The lowest BCUT2D eigenvalue weighted by molar-refractivity contribution is 0.0605. The van der Waals surface area contributed by atoms with Crippen LogP contribution in [0.25, 0.3) is 17.0 Å². The van der Waals surface area contributed by atoms with E-state index in [2.05, 4.69) is 32.4 Å². The minimum atomic E-state index is -0.0995. The summed E-state index contributed by atoms with van der Waals surface area (Å²) in [4.78, 5) is 22.7. The second-order valence-electron chi connectivity index (χ2n) is 9.46. The first-order chi connectivity index (χ1) is 17.1. The number of aromatic nitrogens is 7. The van der Waals surface area contributed by atoms with Gasteiger partial charge in [0, 0.05) is 54.6 Å². The van der Waals surface area contributed by atoms with Crippen LogP contribution in [0.3, 0.4) is 0 Å². The van der Waals surface area contributed by atoms with Gasteiger partial charge in [-0.1, -0.05) is 12.1 Å². The summed E-state index contributed by atoms with van der Waals surface area (Å²) < 4.78 is 1.83. The van der Waals surface area contributed by atoms with Crippen molar-refractivity contribution in [2.75, 3.05) is 24.5 Å². The fourth-order valence-corrected chi connectivity index (χ4v) is 5.21. The Hall–Kier alpha value is -3.86.